The highest BCUT2D eigenvalue weighted by Crippen LogP contribution is 2.75. The molecule has 0 aromatic carbocycles. The van der Waals surface area contributed by atoms with Crippen LogP contribution in [0.2, 0.25) is 44.8 Å². The number of hydrogen-bond acceptors (Lipinski definition) is 4. The van der Waals surface area contributed by atoms with Crippen LogP contribution < -0.4 is 0 Å². The van der Waals surface area contributed by atoms with Crippen molar-refractivity contribution in [2.24, 2.45) is 23.2 Å². The third kappa shape index (κ3) is 2.52. The molecule has 6 atom stereocenters. The van der Waals surface area contributed by atoms with E-state index in [0.29, 0.717) is 23.0 Å². The molecule has 3 aliphatic carbocycles. The zero-order valence-electron chi connectivity index (χ0n) is 20.1. The Morgan fingerprint density at radius 3 is 2.30 bits per heavy atom. The van der Waals surface area contributed by atoms with Crippen molar-refractivity contribution in [3.63, 3.8) is 0 Å². The van der Waals surface area contributed by atoms with Crippen molar-refractivity contribution in [1.29, 1.82) is 0 Å². The van der Waals surface area contributed by atoms with Crippen LogP contribution in [-0.2, 0) is 14.3 Å². The molecular formula is C24H37NO3Si2. The highest BCUT2D eigenvalue weighted by molar-refractivity contribution is 6.83. The quantitative estimate of drug-likeness (QED) is 0.373. The van der Waals surface area contributed by atoms with E-state index in [9.17, 15) is 4.79 Å². The summed E-state index contributed by atoms with van der Waals surface area (Å²) in [6, 6.07) is 0. The van der Waals surface area contributed by atoms with Crippen molar-refractivity contribution in [2.75, 3.05) is 27.8 Å². The molecule has 4 rings (SSSR count). The van der Waals surface area contributed by atoms with E-state index in [1.54, 1.807) is 14.2 Å². The largest absolute Gasteiger partial charge is 0.494 e. The maximum absolute atomic E-state index is 13.9. The first-order valence-electron chi connectivity index (χ1n) is 11.2. The summed E-state index contributed by atoms with van der Waals surface area (Å²) < 4.78 is 11.8. The Kier molecular flexibility index (Phi) is 4.82. The number of hydrogen-bond donors (Lipinski definition) is 0. The fourth-order valence-corrected chi connectivity index (χ4v) is 10.7. The summed E-state index contributed by atoms with van der Waals surface area (Å²) in [6.45, 7) is 15.1. The zero-order chi connectivity index (χ0) is 22.3. The summed E-state index contributed by atoms with van der Waals surface area (Å²) in [5, 5.41) is 0. The van der Waals surface area contributed by atoms with Gasteiger partial charge in [-0.25, -0.2) is 0 Å². The third-order valence-corrected chi connectivity index (χ3v) is 11.7. The SMILES string of the molecule is COC1=C(OC)[C@@]2(C#C[Si](C)(C)C)N(C)CC[C@]23[C@@H]2C=C[C@@H]([C@H]2[Si](C)(C)C)[C@@H]3C1=O. The van der Waals surface area contributed by atoms with Gasteiger partial charge in [0.05, 0.1) is 14.2 Å². The van der Waals surface area contributed by atoms with E-state index < -0.39 is 21.7 Å². The van der Waals surface area contributed by atoms with Gasteiger partial charge in [0.15, 0.2) is 11.3 Å². The molecule has 0 unspecified atom stereocenters. The van der Waals surface area contributed by atoms with Crippen LogP contribution in [0.25, 0.3) is 0 Å². The number of likely N-dealkylation sites (tertiary alicyclic amines) is 1. The van der Waals surface area contributed by atoms with Gasteiger partial charge in [0.1, 0.15) is 8.07 Å². The second-order valence-electron chi connectivity index (χ2n) is 11.7. The van der Waals surface area contributed by atoms with E-state index in [1.807, 2.05) is 0 Å². The molecule has 4 aliphatic rings. The predicted molar refractivity (Wildman–Crippen MR) is 126 cm³/mol. The Bertz CT molecular complexity index is 900. The Balaban J connectivity index is 2.08. The first-order chi connectivity index (χ1) is 13.9. The molecule has 0 amide bonds. The third-order valence-electron chi connectivity index (χ3n) is 8.05. The number of nitrogens with zero attached hydrogens (tertiary/aromatic N) is 1. The predicted octanol–water partition coefficient (Wildman–Crippen LogP) is 4.16. The summed E-state index contributed by atoms with van der Waals surface area (Å²) >= 11 is 0. The van der Waals surface area contributed by atoms with Crippen LogP contribution in [0.1, 0.15) is 6.42 Å². The fraction of sp³-hybridized carbons (Fsp3) is 0.708. The van der Waals surface area contributed by atoms with Crippen LogP contribution >= 0.6 is 0 Å². The van der Waals surface area contributed by atoms with Gasteiger partial charge in [-0.1, -0.05) is 57.4 Å². The second-order valence-corrected chi connectivity index (χ2v) is 21.9. The number of ketones is 1. The maximum atomic E-state index is 13.9. The van der Waals surface area contributed by atoms with Gasteiger partial charge < -0.3 is 9.47 Å². The van der Waals surface area contributed by atoms with Crippen molar-refractivity contribution in [3.05, 3.63) is 23.7 Å². The van der Waals surface area contributed by atoms with Crippen molar-refractivity contribution in [3.8, 4) is 11.5 Å². The molecule has 164 valence electrons. The number of Topliss-reactive ketones (excluding diaryl/α,β-unsaturated/α-hetero) is 1. The average molecular weight is 444 g/mol. The second kappa shape index (κ2) is 6.60. The number of fused-ring (bicyclic) bond motifs is 3. The molecule has 4 nitrogen and oxygen atoms in total. The van der Waals surface area contributed by atoms with E-state index in [0.717, 1.165) is 13.0 Å². The van der Waals surface area contributed by atoms with Gasteiger partial charge in [0, 0.05) is 26.0 Å². The summed E-state index contributed by atoms with van der Waals surface area (Å²) in [5.74, 6) is 5.56. The van der Waals surface area contributed by atoms with E-state index in [1.165, 1.54) is 0 Å². The van der Waals surface area contributed by atoms with E-state index in [-0.39, 0.29) is 23.0 Å². The first kappa shape index (κ1) is 21.9. The molecule has 30 heavy (non-hydrogen) atoms. The van der Waals surface area contributed by atoms with Gasteiger partial charge in [-0.15, -0.1) is 5.54 Å². The van der Waals surface area contributed by atoms with E-state index >= 15 is 0 Å². The minimum atomic E-state index is -1.65. The smallest absolute Gasteiger partial charge is 0.205 e. The number of carbonyl (C=O) groups is 1. The topological polar surface area (TPSA) is 38.8 Å². The van der Waals surface area contributed by atoms with Crippen LogP contribution in [0.4, 0.5) is 0 Å². The molecule has 2 fully saturated rings. The van der Waals surface area contributed by atoms with Crippen LogP contribution in [-0.4, -0.2) is 60.2 Å². The van der Waals surface area contributed by atoms with Crippen LogP contribution in [0.15, 0.2) is 23.7 Å². The van der Waals surface area contributed by atoms with Crippen LogP contribution in [0, 0.1) is 34.6 Å². The Morgan fingerprint density at radius 2 is 1.77 bits per heavy atom. The Hall–Kier alpha value is -1.30. The standard InChI is InChI=1S/C24H37NO3Si2/c1-25-14-12-23-17-11-10-16(21(17)30(7,8)9)18(23)19(26)20(27-2)22(28-3)24(23,25)13-15-29(4,5)6/h10-11,16-18,21H,12,14H2,1-9H3/t16-,17-,18-,21-,23-,24-/m1/s1. The van der Waals surface area contributed by atoms with E-state index in [2.05, 4.69) is 74.8 Å². The minimum absolute atomic E-state index is 0.0704. The monoisotopic (exact) mass is 443 g/mol. The lowest BCUT2D eigenvalue weighted by Gasteiger charge is -2.53. The molecular weight excluding hydrogens is 406 g/mol. The minimum Gasteiger partial charge on any atom is -0.494 e. The number of likely N-dealkylation sites (N-methyl/N-ethyl adjacent to an activating group) is 1. The molecule has 6 heteroatoms. The lowest BCUT2D eigenvalue weighted by molar-refractivity contribution is -0.133. The summed E-state index contributed by atoms with van der Waals surface area (Å²) in [6.07, 6.45) is 5.77. The number of ether oxygens (including phenoxy) is 2. The van der Waals surface area contributed by atoms with Crippen molar-refractivity contribution < 1.29 is 14.3 Å². The lowest BCUT2D eigenvalue weighted by atomic mass is 9.53. The average Bonchev–Trinajstić information content (AvgIpc) is 3.28. The summed E-state index contributed by atoms with van der Waals surface area (Å²) in [5.41, 5.74) is 3.40. The molecule has 0 radical (unpaired) electrons. The van der Waals surface area contributed by atoms with Gasteiger partial charge in [-0.3, -0.25) is 9.69 Å². The molecule has 1 saturated heterocycles. The molecule has 2 bridgehead atoms. The zero-order valence-corrected chi connectivity index (χ0v) is 22.1. The molecule has 0 aromatic rings. The molecule has 1 saturated carbocycles. The van der Waals surface area contributed by atoms with E-state index in [4.69, 9.17) is 9.47 Å². The van der Waals surface area contributed by atoms with Gasteiger partial charge in [0.25, 0.3) is 0 Å². The molecule has 1 aliphatic heterocycles. The summed E-state index contributed by atoms with van der Waals surface area (Å²) in [4.78, 5) is 16.3. The van der Waals surface area contributed by atoms with Crippen molar-refractivity contribution in [1.82, 2.24) is 4.90 Å². The maximum Gasteiger partial charge on any atom is 0.205 e. The first-order valence-corrected chi connectivity index (χ1v) is 18.3. The van der Waals surface area contributed by atoms with Crippen LogP contribution in [0.3, 0.4) is 0 Å². The van der Waals surface area contributed by atoms with Gasteiger partial charge in [-0.2, -0.15) is 0 Å². The van der Waals surface area contributed by atoms with Crippen molar-refractivity contribution >= 4 is 21.9 Å². The normalized spacial score (nSPS) is 40.2. The molecule has 0 aromatic heterocycles. The molecule has 0 N–H and O–H groups in total. The lowest BCUT2D eigenvalue weighted by Crippen LogP contribution is -2.63. The molecule has 1 heterocycles. The Labute approximate surface area is 184 Å². The number of carbonyl (C=O) groups excluding carboxylic acids is 1. The highest BCUT2D eigenvalue weighted by atomic mass is 28.3. The van der Waals surface area contributed by atoms with Gasteiger partial charge in [-0.05, 0) is 30.8 Å². The van der Waals surface area contributed by atoms with Crippen LogP contribution in [0.5, 0.6) is 0 Å². The van der Waals surface area contributed by atoms with Gasteiger partial charge >= 0.3 is 0 Å². The van der Waals surface area contributed by atoms with Crippen molar-refractivity contribution in [2.45, 2.75) is 56.8 Å². The highest BCUT2D eigenvalue weighted by Gasteiger charge is 2.79. The summed E-state index contributed by atoms with van der Waals surface area (Å²) in [7, 11) is 2.27. The fourth-order valence-electron chi connectivity index (χ4n) is 7.24. The van der Waals surface area contributed by atoms with Gasteiger partial charge in [0.2, 0.25) is 11.5 Å². The number of methoxy groups -OCH3 is 2. The number of rotatable bonds is 3. The molecule has 1 spiro atoms. The Morgan fingerprint density at radius 1 is 1.10 bits per heavy atom. The number of allylic oxidation sites excluding steroid dienone is 3.